The van der Waals surface area contributed by atoms with Crippen molar-refractivity contribution in [2.45, 2.75) is 184 Å². The molecule has 618 valence electrons. The van der Waals surface area contributed by atoms with Crippen LogP contribution in [0.3, 0.4) is 0 Å². The molecule has 5 aromatic carbocycles. The third-order valence-electron chi connectivity index (χ3n) is 21.2. The smallest absolute Gasteiger partial charge is 0.494 e. The van der Waals surface area contributed by atoms with Gasteiger partial charge >= 0.3 is 6.36 Å². The third-order valence-corrected chi connectivity index (χ3v) is 23.4. The molecule has 111 heavy (non-hydrogen) atoms. The molecule has 25 heteroatoms. The van der Waals surface area contributed by atoms with Gasteiger partial charge in [0.2, 0.25) is 0 Å². The zero-order chi connectivity index (χ0) is 82.9. The molecule has 0 bridgehead atoms. The number of alkyl halides is 3. The zero-order valence-electron chi connectivity index (χ0n) is 67.4. The maximum Gasteiger partial charge on any atom is 0.573 e. The van der Waals surface area contributed by atoms with Crippen LogP contribution in [0.25, 0.3) is 0 Å². The molecule has 0 aromatic heterocycles. The van der Waals surface area contributed by atoms with Gasteiger partial charge in [0.25, 0.3) is 0 Å². The van der Waals surface area contributed by atoms with Gasteiger partial charge in [-0.05, 0) is 179 Å². The van der Waals surface area contributed by atoms with Crippen LogP contribution in [0.4, 0.5) is 22.0 Å². The molecular weight excluding hydrogens is 1550 g/mol. The molecule has 9 rings (SSSR count). The second-order valence-electron chi connectivity index (χ2n) is 31.9. The minimum Gasteiger partial charge on any atom is -0.494 e. The number of nitrogens with two attached hydrogens (primary N) is 1. The van der Waals surface area contributed by atoms with Crippen LogP contribution in [-0.4, -0.2) is 182 Å². The van der Waals surface area contributed by atoms with Crippen LogP contribution in [0.2, 0.25) is 30.1 Å². The summed E-state index contributed by atoms with van der Waals surface area (Å²) in [6.45, 7) is 40.1. The number of Topliss-reactive ketones (excluding diaryl/α,β-unsaturated/α-hetero) is 5. The van der Waals surface area contributed by atoms with Gasteiger partial charge in [0.15, 0.2) is 23.1 Å². The average Bonchev–Trinajstić information content (AvgIpc) is 0.840. The number of ether oxygens (including phenoxy) is 2. The third kappa shape index (κ3) is 31.3. The fraction of sp³-hybridized carbons (Fsp3) is 0.593. The number of carbonyl (C=O) groups is 5. The number of ketones is 5. The molecule has 4 aliphatic heterocycles. The van der Waals surface area contributed by atoms with Crippen molar-refractivity contribution in [2.75, 3.05) is 105 Å². The predicted octanol–water partition coefficient (Wildman–Crippen LogP) is 20.0. The normalized spacial score (nSPS) is 17.5. The van der Waals surface area contributed by atoms with Gasteiger partial charge < -0.3 is 35.0 Å². The topological polar surface area (TPSA) is 166 Å². The summed E-state index contributed by atoms with van der Waals surface area (Å²) < 4.78 is 73.7. The molecule has 0 aliphatic carbocycles. The van der Waals surface area contributed by atoms with E-state index < -0.39 is 29.7 Å². The van der Waals surface area contributed by atoms with Crippen molar-refractivity contribution < 1.29 is 60.5 Å². The molecule has 0 spiro atoms. The number of methoxy groups -OCH3 is 1. The first-order valence-electron chi connectivity index (χ1n) is 39.1. The van der Waals surface area contributed by atoms with Gasteiger partial charge in [-0.2, -0.15) is 0 Å². The predicted molar refractivity (Wildman–Crippen MR) is 442 cm³/mol. The van der Waals surface area contributed by atoms with Crippen LogP contribution >= 0.6 is 69.6 Å². The number of piperidine rings is 3. The Hall–Kier alpha value is -4.84. The number of nitrogens with zero attached hydrogens (tertiary/aromatic N) is 5. The Balaban J connectivity index is 0.000000250. The summed E-state index contributed by atoms with van der Waals surface area (Å²) in [5.74, 6) is -1.94. The van der Waals surface area contributed by atoms with Gasteiger partial charge in [0, 0.05) is 108 Å². The molecule has 0 unspecified atom stereocenters. The van der Waals surface area contributed by atoms with E-state index >= 15 is 0 Å². The molecule has 0 amide bonds. The molecule has 5 aromatic rings. The zero-order valence-corrected chi connectivity index (χ0v) is 71.9. The fourth-order valence-electron chi connectivity index (χ4n) is 14.0. The molecule has 0 saturated carbocycles. The Morgan fingerprint density at radius 2 is 0.685 bits per heavy atom. The quantitative estimate of drug-likeness (QED) is 0.0477. The second-order valence-corrected chi connectivity index (χ2v) is 34.3. The van der Waals surface area contributed by atoms with Gasteiger partial charge in [0.1, 0.15) is 28.9 Å². The van der Waals surface area contributed by atoms with E-state index in [9.17, 15) is 51.0 Å². The first kappa shape index (κ1) is 96.7. The van der Waals surface area contributed by atoms with Crippen molar-refractivity contribution in [3.8, 4) is 11.5 Å². The summed E-state index contributed by atoms with van der Waals surface area (Å²) in [4.78, 5) is 74.3. The standard InChI is InChI=1S/C19H28Cl2N2O.C19H25F4NO2.C19H28FNO2.C17H23Cl2NO2.C12H15Cl2NO/c1-13(2)19(24)16(15-5-6-17(20)18(21)11-15)12-22-7-9-23(10-8-22)14(3)4;1-12(2)18(25)15(11-24-8-6-13(3)7-9-24)14-4-5-17(16(20)10-14)26-19(21,22)23;1-13(2)19(22)16(12-21-9-7-14(3)8-10-21)15-5-6-18(23-4)17(20)11-15;1-11(2)17(22)14(10-20-7-5-13(21)6-8-20)12-3-4-15(18)16(19)9-12;1-7(2)12(16)9(6-15)8-3-4-10(13)11(14)5-8/h5-6,11,13-14,16H,7-10,12H2,1-4H3;4-5,10,12-13,15H,6-9,11H2,1-3H3;5-6,11,13-14,16H,7-10,12H2,1-4H3;3-4,9,11,13-14,21H,5-8,10H2,1-2H3;3-5,7,9H,6,15H2,1-2H3/t16-;15-;16-;14-;9-/m11001/s1. The van der Waals surface area contributed by atoms with Crippen molar-refractivity contribution in [1.82, 2.24) is 24.5 Å². The molecule has 4 heterocycles. The lowest BCUT2D eigenvalue weighted by Gasteiger charge is -2.38. The number of aliphatic hydroxyl groups excluding tert-OH is 1. The molecule has 5 atom stereocenters. The van der Waals surface area contributed by atoms with Crippen LogP contribution in [0.5, 0.6) is 11.5 Å². The summed E-state index contributed by atoms with van der Waals surface area (Å²) in [5, 5.41) is 12.6. The molecule has 4 saturated heterocycles. The highest BCUT2D eigenvalue weighted by Crippen LogP contribution is 2.36. The van der Waals surface area contributed by atoms with Crippen LogP contribution in [0.1, 0.15) is 193 Å². The summed E-state index contributed by atoms with van der Waals surface area (Å²) in [6.07, 6.45) is 0.776. The van der Waals surface area contributed by atoms with Crippen molar-refractivity contribution in [3.05, 3.63) is 161 Å². The van der Waals surface area contributed by atoms with Crippen LogP contribution in [-0.2, 0) is 24.0 Å². The Morgan fingerprint density at radius 1 is 0.414 bits per heavy atom. The molecular formula is C86H119Cl6F5N6O8. The highest BCUT2D eigenvalue weighted by molar-refractivity contribution is 6.43. The number of halogens is 11. The van der Waals surface area contributed by atoms with Crippen molar-refractivity contribution >= 4 is 98.5 Å². The maximum absolute atomic E-state index is 14.1. The lowest BCUT2D eigenvalue weighted by Crippen LogP contribution is -2.50. The van der Waals surface area contributed by atoms with E-state index in [0.29, 0.717) is 67.3 Å². The fourth-order valence-corrected chi connectivity index (χ4v) is 14.9. The van der Waals surface area contributed by atoms with E-state index in [1.54, 1.807) is 56.3 Å². The van der Waals surface area contributed by atoms with Gasteiger partial charge in [-0.15, -0.1) is 13.2 Å². The highest BCUT2D eigenvalue weighted by Gasteiger charge is 2.36. The number of hydrogen-bond acceptors (Lipinski definition) is 14. The number of likely N-dealkylation sites (tertiary alicyclic amines) is 3. The van der Waals surface area contributed by atoms with Gasteiger partial charge in [-0.1, -0.05) is 183 Å². The first-order chi connectivity index (χ1) is 52.1. The lowest BCUT2D eigenvalue weighted by atomic mass is 9.87. The Labute approximate surface area is 687 Å². The van der Waals surface area contributed by atoms with Crippen molar-refractivity contribution in [3.63, 3.8) is 0 Å². The minimum atomic E-state index is -4.96. The van der Waals surface area contributed by atoms with E-state index in [1.807, 2.05) is 79.7 Å². The van der Waals surface area contributed by atoms with Gasteiger partial charge in [0.05, 0.1) is 72.9 Å². The number of hydrogen-bond donors (Lipinski definition) is 2. The maximum atomic E-state index is 14.1. The Bertz CT molecular complexity index is 3760. The second kappa shape index (κ2) is 46.8. The molecule has 4 aliphatic rings. The van der Waals surface area contributed by atoms with Crippen molar-refractivity contribution in [1.29, 1.82) is 0 Å². The molecule has 0 radical (unpaired) electrons. The number of aliphatic hydroxyl groups is 1. The van der Waals surface area contributed by atoms with E-state index in [0.717, 1.165) is 138 Å². The number of rotatable bonds is 27. The number of benzene rings is 5. The summed E-state index contributed by atoms with van der Waals surface area (Å²) in [7, 11) is 1.45. The van der Waals surface area contributed by atoms with E-state index in [2.05, 4.69) is 56.9 Å². The SMILES string of the molecule is CC(C)C(=O)[C@@H](CN1CCC(O)CC1)c1ccc(Cl)c(Cl)c1.CC(C)C(=O)[C@H](CN)c1ccc(Cl)c(Cl)c1.CC(C)C(=O)[C@H](CN1CCN(C(C)C)CC1)c1ccc(Cl)c(Cl)c1.CC1CCN(C[C@@H](C(=O)C(C)C)c2ccc(OC(F)(F)F)c(F)c2)CC1.COc1ccc([C@H](CN2CCC(C)CC2)C(=O)C(C)C)cc1F. The average molecular weight is 1670 g/mol. The number of carbonyl (C=O) groups excluding carboxylic acids is 5. The van der Waals surface area contributed by atoms with E-state index in [1.165, 1.54) is 32.1 Å². The summed E-state index contributed by atoms with van der Waals surface area (Å²) in [5.41, 5.74) is 9.48. The van der Waals surface area contributed by atoms with E-state index in [4.69, 9.17) is 80.1 Å². The molecule has 14 nitrogen and oxygen atoms in total. The monoisotopic (exact) mass is 1670 g/mol. The highest BCUT2D eigenvalue weighted by atomic mass is 35.5. The van der Waals surface area contributed by atoms with Crippen LogP contribution in [0, 0.1) is 53.1 Å². The lowest BCUT2D eigenvalue weighted by molar-refractivity contribution is -0.275. The first-order valence-corrected chi connectivity index (χ1v) is 41.3. The van der Waals surface area contributed by atoms with Gasteiger partial charge in [-0.25, -0.2) is 8.78 Å². The minimum absolute atomic E-state index is 0.00130. The summed E-state index contributed by atoms with van der Waals surface area (Å²) >= 11 is 36.0. The van der Waals surface area contributed by atoms with Gasteiger partial charge in [-0.3, -0.25) is 33.8 Å². The number of piperazine rings is 1. The van der Waals surface area contributed by atoms with Crippen LogP contribution < -0.4 is 15.2 Å². The van der Waals surface area contributed by atoms with Crippen molar-refractivity contribution in [2.24, 2.45) is 47.2 Å². The molecule has 3 N–H and O–H groups in total. The Kier molecular flexibility index (Phi) is 40.8. The summed E-state index contributed by atoms with van der Waals surface area (Å²) in [6, 6.07) is 24.9. The van der Waals surface area contributed by atoms with Crippen LogP contribution in [0.15, 0.2) is 91.0 Å². The largest absolute Gasteiger partial charge is 0.573 e. The molecule has 4 fully saturated rings. The van der Waals surface area contributed by atoms with E-state index in [-0.39, 0.29) is 101 Å². The Morgan fingerprint density at radius 3 is 0.955 bits per heavy atom.